The molecule has 0 aliphatic heterocycles. The summed E-state index contributed by atoms with van der Waals surface area (Å²) in [6, 6.07) is 14.8. The molecule has 5 heteroatoms. The van der Waals surface area contributed by atoms with E-state index in [2.05, 4.69) is 0 Å². The summed E-state index contributed by atoms with van der Waals surface area (Å²) in [7, 11) is -3.45. The highest BCUT2D eigenvalue weighted by atomic mass is 32.2. The lowest BCUT2D eigenvalue weighted by Gasteiger charge is -2.05. The van der Waals surface area contributed by atoms with Gasteiger partial charge in [-0.25, -0.2) is 8.42 Å². The number of aryl methyl sites for hydroxylation is 2. The first kappa shape index (κ1) is 16.1. The fourth-order valence-electron chi connectivity index (χ4n) is 3.08. The highest BCUT2D eigenvalue weighted by Gasteiger charge is 2.60. The van der Waals surface area contributed by atoms with Gasteiger partial charge in [0.25, 0.3) is 0 Å². The van der Waals surface area contributed by atoms with Crippen LogP contribution >= 0.6 is 12.2 Å². The largest absolute Gasteiger partial charge is 0.393 e. The summed E-state index contributed by atoms with van der Waals surface area (Å²) in [5.74, 6) is -0.446. The molecule has 3 rings (SSSR count). The number of hydrogen-bond acceptors (Lipinski definition) is 3. The van der Waals surface area contributed by atoms with Crippen LogP contribution in [0.1, 0.15) is 22.6 Å². The molecule has 0 bridgehead atoms. The summed E-state index contributed by atoms with van der Waals surface area (Å²) in [5.41, 5.74) is 8.96. The minimum absolute atomic E-state index is 0.153. The van der Waals surface area contributed by atoms with Gasteiger partial charge in [-0.2, -0.15) is 0 Å². The third kappa shape index (κ3) is 2.91. The molecule has 120 valence electrons. The normalized spacial score (nSPS) is 23.5. The van der Waals surface area contributed by atoms with E-state index in [-0.39, 0.29) is 16.8 Å². The van der Waals surface area contributed by atoms with Crippen LogP contribution < -0.4 is 5.73 Å². The first-order chi connectivity index (χ1) is 10.8. The van der Waals surface area contributed by atoms with E-state index in [1.165, 1.54) is 0 Å². The number of nitrogens with two attached hydrogens (primary N) is 1. The molecule has 1 aliphatic rings. The molecule has 1 aliphatic carbocycles. The average Bonchev–Trinajstić information content (AvgIpc) is 3.25. The second-order valence-electron chi connectivity index (χ2n) is 6.19. The fraction of sp³-hybridized carbons (Fsp3) is 0.278. The van der Waals surface area contributed by atoms with Gasteiger partial charge in [-0.1, -0.05) is 59.7 Å². The molecule has 0 amide bonds. The second kappa shape index (κ2) is 5.73. The summed E-state index contributed by atoms with van der Waals surface area (Å²) in [6.07, 6.45) is 0. The zero-order chi connectivity index (χ0) is 16.8. The Bertz CT molecular complexity index is 840. The lowest BCUT2D eigenvalue weighted by atomic mass is 10.1. The molecule has 0 spiro atoms. The third-order valence-corrected chi connectivity index (χ3v) is 6.96. The fourth-order valence-corrected chi connectivity index (χ4v) is 5.61. The Morgan fingerprint density at radius 2 is 1.43 bits per heavy atom. The summed E-state index contributed by atoms with van der Waals surface area (Å²) in [4.78, 5) is 0.611. The minimum Gasteiger partial charge on any atom is -0.393 e. The molecule has 2 aromatic carbocycles. The van der Waals surface area contributed by atoms with Crippen LogP contribution in [-0.4, -0.2) is 18.7 Å². The molecule has 1 fully saturated rings. The van der Waals surface area contributed by atoms with E-state index in [0.717, 1.165) is 16.7 Å². The van der Waals surface area contributed by atoms with E-state index < -0.39 is 15.1 Å². The maximum absolute atomic E-state index is 13.0. The van der Waals surface area contributed by atoms with Gasteiger partial charge in [0, 0.05) is 11.8 Å². The first-order valence-corrected chi connectivity index (χ1v) is 9.44. The maximum atomic E-state index is 13.0. The molecule has 3 unspecified atom stereocenters. The summed E-state index contributed by atoms with van der Waals surface area (Å²) >= 11 is 5.11. The van der Waals surface area contributed by atoms with Gasteiger partial charge in [-0.15, -0.1) is 0 Å². The lowest BCUT2D eigenvalue weighted by molar-refractivity contribution is 0.593. The van der Waals surface area contributed by atoms with Gasteiger partial charge in [-0.3, -0.25) is 0 Å². The van der Waals surface area contributed by atoms with Crippen LogP contribution in [0.5, 0.6) is 0 Å². The molecule has 3 atom stereocenters. The van der Waals surface area contributed by atoms with Crippen LogP contribution in [0.2, 0.25) is 0 Å². The summed E-state index contributed by atoms with van der Waals surface area (Å²) in [5, 5.41) is -0.564. The quantitative estimate of drug-likeness (QED) is 0.865. The number of rotatable bonds is 4. The van der Waals surface area contributed by atoms with E-state index in [9.17, 15) is 8.42 Å². The summed E-state index contributed by atoms with van der Waals surface area (Å²) < 4.78 is 25.9. The molecule has 2 aromatic rings. The van der Waals surface area contributed by atoms with Gasteiger partial charge in [0.1, 0.15) is 0 Å². The molecular formula is C18H19NO2S2. The van der Waals surface area contributed by atoms with Crippen LogP contribution in [-0.2, 0) is 9.84 Å². The van der Waals surface area contributed by atoms with Gasteiger partial charge < -0.3 is 5.73 Å². The van der Waals surface area contributed by atoms with Crippen LogP contribution in [0, 0.1) is 19.8 Å². The molecule has 0 heterocycles. The van der Waals surface area contributed by atoms with Gasteiger partial charge in [0.05, 0.1) is 15.1 Å². The SMILES string of the molecule is Cc1ccc(C2C(C(N)=S)C2S(=O)(=O)c2ccc(C)cc2)cc1. The van der Waals surface area contributed by atoms with Crippen molar-refractivity contribution >= 4 is 27.0 Å². The van der Waals surface area contributed by atoms with E-state index in [1.807, 2.05) is 50.2 Å². The van der Waals surface area contributed by atoms with Gasteiger partial charge >= 0.3 is 0 Å². The van der Waals surface area contributed by atoms with Crippen LogP contribution in [0.3, 0.4) is 0 Å². The van der Waals surface area contributed by atoms with Crippen molar-refractivity contribution in [1.29, 1.82) is 0 Å². The molecule has 0 radical (unpaired) electrons. The average molecular weight is 345 g/mol. The third-order valence-electron chi connectivity index (χ3n) is 4.45. The van der Waals surface area contributed by atoms with Crippen LogP contribution in [0.4, 0.5) is 0 Å². The Morgan fingerprint density at radius 3 is 1.91 bits per heavy atom. The maximum Gasteiger partial charge on any atom is 0.182 e. The van der Waals surface area contributed by atoms with Gasteiger partial charge in [0.2, 0.25) is 0 Å². The Hall–Kier alpha value is -1.72. The Morgan fingerprint density at radius 1 is 0.957 bits per heavy atom. The smallest absolute Gasteiger partial charge is 0.182 e. The predicted molar refractivity (Wildman–Crippen MR) is 96.3 cm³/mol. The van der Waals surface area contributed by atoms with Crippen LogP contribution in [0.15, 0.2) is 53.4 Å². The monoisotopic (exact) mass is 345 g/mol. The first-order valence-electron chi connectivity index (χ1n) is 7.49. The van der Waals surface area contributed by atoms with Crippen molar-refractivity contribution < 1.29 is 8.42 Å². The van der Waals surface area contributed by atoms with E-state index in [4.69, 9.17) is 18.0 Å². The highest BCUT2D eigenvalue weighted by Crippen LogP contribution is 2.54. The standard InChI is InChI=1S/C18H19NO2S2/c1-11-3-7-13(8-4-11)15-16(18(19)22)17(15)23(20,21)14-9-5-12(2)6-10-14/h3-10,15-17H,1-2H3,(H2,19,22). The molecule has 1 saturated carbocycles. The molecular weight excluding hydrogens is 326 g/mol. The molecule has 0 saturated heterocycles. The zero-order valence-corrected chi connectivity index (χ0v) is 14.7. The number of benzene rings is 2. The van der Waals surface area contributed by atoms with E-state index >= 15 is 0 Å². The molecule has 3 nitrogen and oxygen atoms in total. The van der Waals surface area contributed by atoms with Crippen molar-refractivity contribution in [3.63, 3.8) is 0 Å². The number of hydrogen-bond donors (Lipinski definition) is 1. The molecule has 23 heavy (non-hydrogen) atoms. The zero-order valence-electron chi connectivity index (χ0n) is 13.1. The number of thiocarbonyl (C=S) groups is 1. The van der Waals surface area contributed by atoms with Crippen molar-refractivity contribution in [2.24, 2.45) is 11.7 Å². The predicted octanol–water partition coefficient (Wildman–Crippen LogP) is 3.15. The molecule has 2 N–H and O–H groups in total. The van der Waals surface area contributed by atoms with Gasteiger partial charge in [0.15, 0.2) is 9.84 Å². The van der Waals surface area contributed by atoms with Crippen molar-refractivity contribution in [2.45, 2.75) is 29.9 Å². The lowest BCUT2D eigenvalue weighted by Crippen LogP contribution is -2.17. The minimum atomic E-state index is -3.45. The van der Waals surface area contributed by atoms with E-state index in [1.54, 1.807) is 12.1 Å². The van der Waals surface area contributed by atoms with Gasteiger partial charge in [-0.05, 0) is 31.5 Å². The second-order valence-corrected chi connectivity index (χ2v) is 8.76. The van der Waals surface area contributed by atoms with Crippen LogP contribution in [0.25, 0.3) is 0 Å². The highest BCUT2D eigenvalue weighted by molar-refractivity contribution is 7.92. The Balaban J connectivity index is 1.98. The van der Waals surface area contributed by atoms with Crippen molar-refractivity contribution in [2.75, 3.05) is 0 Å². The van der Waals surface area contributed by atoms with E-state index in [0.29, 0.717) is 4.90 Å². The Labute approximate surface area is 142 Å². The Kier molecular flexibility index (Phi) is 4.02. The number of sulfone groups is 1. The summed E-state index contributed by atoms with van der Waals surface area (Å²) in [6.45, 7) is 3.93. The van der Waals surface area contributed by atoms with Crippen molar-refractivity contribution in [3.05, 3.63) is 65.2 Å². The van der Waals surface area contributed by atoms with Crippen molar-refractivity contribution in [1.82, 2.24) is 0 Å². The molecule has 0 aromatic heterocycles. The van der Waals surface area contributed by atoms with Crippen molar-refractivity contribution in [3.8, 4) is 0 Å². The topological polar surface area (TPSA) is 60.2 Å².